The zero-order chi connectivity index (χ0) is 11.7. The van der Waals surface area contributed by atoms with Gasteiger partial charge in [0.25, 0.3) is 0 Å². The molecule has 0 atom stereocenters. The monoisotopic (exact) mass is 298 g/mol. The molecular formula is C12H8BrFOS. The van der Waals surface area contributed by atoms with Gasteiger partial charge in [-0.2, -0.15) is 0 Å². The summed E-state index contributed by atoms with van der Waals surface area (Å²) >= 11 is 4.55. The number of thiophene rings is 1. The fourth-order valence-corrected chi connectivity index (χ4v) is 2.51. The van der Waals surface area contributed by atoms with Gasteiger partial charge in [0.1, 0.15) is 5.82 Å². The van der Waals surface area contributed by atoms with Crippen LogP contribution in [0.4, 0.5) is 4.39 Å². The van der Waals surface area contributed by atoms with Crippen molar-refractivity contribution >= 4 is 33.0 Å². The van der Waals surface area contributed by atoms with E-state index >= 15 is 0 Å². The van der Waals surface area contributed by atoms with E-state index in [2.05, 4.69) is 15.9 Å². The molecule has 1 heterocycles. The maximum Gasteiger partial charge on any atom is 0.197 e. The first-order valence-corrected chi connectivity index (χ1v) is 6.31. The van der Waals surface area contributed by atoms with E-state index in [9.17, 15) is 9.18 Å². The molecular weight excluding hydrogens is 291 g/mol. The van der Waals surface area contributed by atoms with Gasteiger partial charge in [-0.25, -0.2) is 4.39 Å². The molecule has 2 rings (SSSR count). The molecule has 82 valence electrons. The molecule has 2 aromatic rings. The summed E-state index contributed by atoms with van der Waals surface area (Å²) in [7, 11) is 0. The van der Waals surface area contributed by atoms with Gasteiger partial charge in [-0.15, -0.1) is 11.3 Å². The highest BCUT2D eigenvalue weighted by molar-refractivity contribution is 9.10. The van der Waals surface area contributed by atoms with Gasteiger partial charge in [0.15, 0.2) is 5.78 Å². The predicted molar refractivity (Wildman–Crippen MR) is 66.6 cm³/mol. The number of carbonyl (C=O) groups is 1. The number of rotatable bonds is 2. The Morgan fingerprint density at radius 2 is 2.06 bits per heavy atom. The molecule has 4 heteroatoms. The van der Waals surface area contributed by atoms with Gasteiger partial charge in [0, 0.05) is 10.4 Å². The van der Waals surface area contributed by atoms with Crippen LogP contribution in [-0.2, 0) is 0 Å². The quantitative estimate of drug-likeness (QED) is 0.760. The number of hydrogen-bond acceptors (Lipinski definition) is 2. The Kier molecular flexibility index (Phi) is 3.21. The van der Waals surface area contributed by atoms with Crippen molar-refractivity contribution in [2.75, 3.05) is 0 Å². The normalized spacial score (nSPS) is 10.4. The third-order valence-corrected chi connectivity index (χ3v) is 3.76. The second kappa shape index (κ2) is 4.47. The second-order valence-electron chi connectivity index (χ2n) is 3.32. The van der Waals surface area contributed by atoms with Crippen LogP contribution in [0, 0.1) is 12.7 Å². The zero-order valence-corrected chi connectivity index (χ0v) is 10.9. The summed E-state index contributed by atoms with van der Waals surface area (Å²) in [6.45, 7) is 1.85. The maximum absolute atomic E-state index is 13.7. The molecule has 16 heavy (non-hydrogen) atoms. The van der Waals surface area contributed by atoms with Crippen molar-refractivity contribution in [1.82, 2.24) is 0 Å². The van der Waals surface area contributed by atoms with Crippen LogP contribution in [0.1, 0.15) is 20.8 Å². The highest BCUT2D eigenvalue weighted by Gasteiger charge is 2.17. The van der Waals surface area contributed by atoms with Crippen LogP contribution >= 0.6 is 27.3 Å². The Bertz CT molecular complexity index is 548. The van der Waals surface area contributed by atoms with E-state index in [-0.39, 0.29) is 11.3 Å². The van der Waals surface area contributed by atoms with Gasteiger partial charge in [0.2, 0.25) is 0 Å². The van der Waals surface area contributed by atoms with Crippen LogP contribution in [0.2, 0.25) is 0 Å². The third-order valence-electron chi connectivity index (χ3n) is 2.30. The van der Waals surface area contributed by atoms with E-state index in [4.69, 9.17) is 0 Å². The molecule has 0 saturated heterocycles. The number of benzene rings is 1. The Hall–Kier alpha value is -1.000. The fourth-order valence-electron chi connectivity index (χ4n) is 1.44. The smallest absolute Gasteiger partial charge is 0.197 e. The molecule has 0 radical (unpaired) electrons. The summed E-state index contributed by atoms with van der Waals surface area (Å²) in [5.74, 6) is -0.768. The maximum atomic E-state index is 13.7. The summed E-state index contributed by atoms with van der Waals surface area (Å²) in [6.07, 6.45) is 0. The van der Waals surface area contributed by atoms with Crippen LogP contribution in [0.15, 0.2) is 34.1 Å². The number of aryl methyl sites for hydroxylation is 1. The molecule has 0 spiro atoms. The van der Waals surface area contributed by atoms with Crippen molar-refractivity contribution in [2.24, 2.45) is 0 Å². The van der Waals surface area contributed by atoms with Crippen molar-refractivity contribution in [3.63, 3.8) is 0 Å². The van der Waals surface area contributed by atoms with Crippen molar-refractivity contribution < 1.29 is 9.18 Å². The summed E-state index contributed by atoms with van der Waals surface area (Å²) in [6, 6.07) is 6.46. The first-order chi connectivity index (χ1) is 7.61. The number of hydrogen-bond donors (Lipinski definition) is 0. The molecule has 1 nitrogen and oxygen atoms in total. The van der Waals surface area contributed by atoms with Gasteiger partial charge < -0.3 is 0 Å². The van der Waals surface area contributed by atoms with Crippen LogP contribution < -0.4 is 0 Å². The fraction of sp³-hybridized carbons (Fsp3) is 0.0833. The molecule has 0 aliphatic rings. The van der Waals surface area contributed by atoms with E-state index in [1.54, 1.807) is 18.2 Å². The highest BCUT2D eigenvalue weighted by Crippen LogP contribution is 2.24. The minimum atomic E-state index is -0.502. The first kappa shape index (κ1) is 11.5. The van der Waals surface area contributed by atoms with Crippen molar-refractivity contribution in [1.29, 1.82) is 0 Å². The Morgan fingerprint density at radius 1 is 1.31 bits per heavy atom. The molecule has 0 saturated carbocycles. The molecule has 1 aromatic heterocycles. The van der Waals surface area contributed by atoms with Crippen LogP contribution in [0.3, 0.4) is 0 Å². The van der Waals surface area contributed by atoms with Gasteiger partial charge in [-0.05, 0) is 46.4 Å². The average Bonchev–Trinajstić information content (AvgIpc) is 2.68. The average molecular weight is 299 g/mol. The molecule has 1 aromatic carbocycles. The summed E-state index contributed by atoms with van der Waals surface area (Å²) in [5.41, 5.74) is 0.679. The second-order valence-corrected chi connectivity index (χ2v) is 5.30. The SMILES string of the molecule is Cc1sccc1C(=O)c1cccc(Br)c1F. The molecule has 0 aliphatic carbocycles. The molecule has 0 N–H and O–H groups in total. The van der Waals surface area contributed by atoms with Crippen molar-refractivity contribution in [3.05, 3.63) is 55.9 Å². The molecule has 0 fully saturated rings. The summed E-state index contributed by atoms with van der Waals surface area (Å²) in [5, 5.41) is 1.83. The van der Waals surface area contributed by atoms with Crippen LogP contribution in [0.25, 0.3) is 0 Å². The Morgan fingerprint density at radius 3 is 2.69 bits per heavy atom. The molecule has 0 amide bonds. The minimum Gasteiger partial charge on any atom is -0.288 e. The summed E-state index contributed by atoms with van der Waals surface area (Å²) in [4.78, 5) is 13.0. The number of ketones is 1. The lowest BCUT2D eigenvalue weighted by Crippen LogP contribution is -2.04. The van der Waals surface area contributed by atoms with Crippen LogP contribution in [-0.4, -0.2) is 5.78 Å². The number of carbonyl (C=O) groups excluding carboxylic acids is 1. The van der Waals surface area contributed by atoms with Crippen molar-refractivity contribution in [3.8, 4) is 0 Å². The standard InChI is InChI=1S/C12H8BrFOS/c1-7-8(5-6-16-7)12(15)9-3-2-4-10(13)11(9)14/h2-6H,1H3. The molecule has 0 aliphatic heterocycles. The van der Waals surface area contributed by atoms with Gasteiger partial charge >= 0.3 is 0 Å². The van der Waals surface area contributed by atoms with Gasteiger partial charge in [-0.1, -0.05) is 6.07 Å². The third kappa shape index (κ3) is 1.95. The van der Waals surface area contributed by atoms with Crippen LogP contribution in [0.5, 0.6) is 0 Å². The Balaban J connectivity index is 2.50. The lowest BCUT2D eigenvalue weighted by molar-refractivity contribution is 0.103. The lowest BCUT2D eigenvalue weighted by Gasteiger charge is -2.03. The topological polar surface area (TPSA) is 17.1 Å². The Labute approximate surface area is 105 Å². The van der Waals surface area contributed by atoms with Crippen molar-refractivity contribution in [2.45, 2.75) is 6.92 Å². The van der Waals surface area contributed by atoms with Gasteiger partial charge in [-0.3, -0.25) is 4.79 Å². The minimum absolute atomic E-state index is 0.107. The summed E-state index contributed by atoms with van der Waals surface area (Å²) < 4.78 is 14.0. The van der Waals surface area contributed by atoms with Gasteiger partial charge in [0.05, 0.1) is 10.0 Å². The lowest BCUT2D eigenvalue weighted by atomic mass is 10.0. The van der Waals surface area contributed by atoms with E-state index in [0.717, 1.165) is 4.88 Å². The van der Waals surface area contributed by atoms with E-state index in [1.807, 2.05) is 12.3 Å². The first-order valence-electron chi connectivity index (χ1n) is 4.64. The predicted octanol–water partition coefficient (Wildman–Crippen LogP) is 4.19. The van der Waals surface area contributed by atoms with E-state index < -0.39 is 5.82 Å². The largest absolute Gasteiger partial charge is 0.288 e. The number of halogens is 2. The zero-order valence-electron chi connectivity index (χ0n) is 8.46. The van der Waals surface area contributed by atoms with E-state index in [0.29, 0.717) is 10.0 Å². The molecule has 0 unspecified atom stereocenters. The van der Waals surface area contributed by atoms with E-state index in [1.165, 1.54) is 17.4 Å². The molecule has 0 bridgehead atoms. The highest BCUT2D eigenvalue weighted by atomic mass is 79.9.